The lowest BCUT2D eigenvalue weighted by atomic mass is 10.0. The molecule has 332 valence electrons. The Morgan fingerprint density at radius 1 is 0.439 bits per heavy atom. The highest BCUT2D eigenvalue weighted by Gasteiger charge is 2.21. The maximum Gasteiger partial charge on any atom is 0.320 e. The first kappa shape index (κ1) is 53.6. The second-order valence-corrected chi connectivity index (χ2v) is 14.2. The molecule has 0 saturated carbocycles. The van der Waals surface area contributed by atoms with Gasteiger partial charge in [-0.05, 0) is 38.5 Å². The minimum Gasteiger partial charge on any atom is -0.481 e. The Kier molecular flexibility index (Phi) is 37.1. The Morgan fingerprint density at radius 3 is 1.35 bits per heavy atom. The summed E-state index contributed by atoms with van der Waals surface area (Å²) >= 11 is 0. The molecular weight excluding hydrogens is 744 g/mol. The molecule has 0 aromatic heterocycles. The molecule has 0 aliphatic heterocycles. The number of carboxylic acid groups (broad SMARTS) is 3. The number of rotatable bonds is 43. The van der Waals surface area contributed by atoms with Gasteiger partial charge in [-0.1, -0.05) is 77.0 Å². The minimum atomic E-state index is -1.07. The zero-order valence-corrected chi connectivity index (χ0v) is 34.3. The van der Waals surface area contributed by atoms with Crippen molar-refractivity contribution >= 4 is 35.6 Å². The van der Waals surface area contributed by atoms with E-state index in [4.69, 9.17) is 40.0 Å². The van der Waals surface area contributed by atoms with Gasteiger partial charge in [-0.15, -0.1) is 0 Å². The number of nitrogens with one attached hydrogen (secondary N) is 3. The third-order valence-electron chi connectivity index (χ3n) is 9.06. The van der Waals surface area contributed by atoms with Gasteiger partial charge < -0.3 is 56.0 Å². The molecule has 0 radical (unpaired) electrons. The Morgan fingerprint density at radius 2 is 0.877 bits per heavy atom. The molecule has 0 aliphatic rings. The normalized spacial score (nSPS) is 12.2. The molecule has 0 rings (SSSR count). The van der Waals surface area contributed by atoms with Crippen molar-refractivity contribution in [1.82, 2.24) is 16.0 Å². The van der Waals surface area contributed by atoms with Gasteiger partial charge in [-0.25, -0.2) is 0 Å². The summed E-state index contributed by atoms with van der Waals surface area (Å²) < 4.78 is 21.3. The number of amides is 3. The molecule has 17 nitrogen and oxygen atoms in total. The first-order chi connectivity index (χ1) is 27.5. The molecule has 0 aromatic rings. The highest BCUT2D eigenvalue weighted by molar-refractivity contribution is 5.88. The molecule has 2 atom stereocenters. The maximum atomic E-state index is 12.6. The topological polar surface area (TPSA) is 262 Å². The van der Waals surface area contributed by atoms with E-state index in [2.05, 4.69) is 16.0 Å². The predicted octanol–water partition coefficient (Wildman–Crippen LogP) is 3.93. The van der Waals surface area contributed by atoms with Gasteiger partial charge in [-0.3, -0.25) is 28.8 Å². The average Bonchev–Trinajstić information content (AvgIpc) is 3.17. The van der Waals surface area contributed by atoms with E-state index in [0.29, 0.717) is 78.5 Å². The summed E-state index contributed by atoms with van der Waals surface area (Å²) in [4.78, 5) is 69.2. The van der Waals surface area contributed by atoms with Gasteiger partial charge in [-0.2, -0.15) is 0 Å². The average molecular weight is 819 g/mol. The van der Waals surface area contributed by atoms with Crippen molar-refractivity contribution in [1.29, 1.82) is 0 Å². The number of carbonyl (C=O) groups is 6. The van der Waals surface area contributed by atoms with Crippen LogP contribution in [0.4, 0.5) is 0 Å². The zero-order valence-electron chi connectivity index (χ0n) is 34.3. The quantitative estimate of drug-likeness (QED) is 0.0430. The van der Waals surface area contributed by atoms with Crippen LogP contribution in [0.1, 0.15) is 141 Å². The van der Waals surface area contributed by atoms with Crippen molar-refractivity contribution in [3.8, 4) is 0 Å². The molecule has 17 heteroatoms. The Labute approximate surface area is 339 Å². The number of hydrogen-bond donors (Lipinski definition) is 7. The van der Waals surface area contributed by atoms with Crippen LogP contribution in [0.25, 0.3) is 0 Å². The van der Waals surface area contributed by atoms with Crippen molar-refractivity contribution in [2.24, 2.45) is 5.73 Å². The summed E-state index contributed by atoms with van der Waals surface area (Å²) in [7, 11) is 0. The van der Waals surface area contributed by atoms with E-state index >= 15 is 0 Å². The van der Waals surface area contributed by atoms with Gasteiger partial charge in [0.25, 0.3) is 0 Å². The zero-order chi connectivity index (χ0) is 42.2. The van der Waals surface area contributed by atoms with E-state index in [1.54, 1.807) is 0 Å². The second kappa shape index (κ2) is 39.4. The van der Waals surface area contributed by atoms with Crippen molar-refractivity contribution in [3.05, 3.63) is 0 Å². The summed E-state index contributed by atoms with van der Waals surface area (Å²) in [6, 6.07) is -1.87. The standard InChI is InChI=1S/C40H74N4O13/c41-33(40(52)53)17-15-16-23-43-39(51)34(20-21-37(47)48)44-36(46)19-14-12-10-8-6-4-2-1-3-5-7-9-11-13-18-35(45)42-24-26-55-28-30-57-32-31-56-29-27-54-25-22-38(49)50/h33-34H,1-32,41H2,(H,42,45)(H,43,51)(H,44,46)(H,47,48)(H,49,50)(H,52,53)/t33-,34?/m0/s1. The molecule has 0 heterocycles. The highest BCUT2D eigenvalue weighted by atomic mass is 16.6. The summed E-state index contributed by atoms with van der Waals surface area (Å²) in [5.41, 5.74) is 5.47. The minimum absolute atomic E-state index is 0.00582. The number of ether oxygens (including phenoxy) is 4. The molecule has 0 bridgehead atoms. The molecule has 1 unspecified atom stereocenters. The number of aliphatic carboxylic acids is 3. The van der Waals surface area contributed by atoms with Crippen molar-refractivity contribution in [2.45, 2.75) is 153 Å². The SMILES string of the molecule is N[C@@H](CCCCNC(=O)C(CCC(=O)O)NC(=O)CCCCCCCCCCCCCCCCC(=O)NCCOCCOCCOCCOCCC(=O)O)C(=O)O. The third-order valence-corrected chi connectivity index (χ3v) is 9.06. The predicted molar refractivity (Wildman–Crippen MR) is 214 cm³/mol. The monoisotopic (exact) mass is 819 g/mol. The molecule has 0 spiro atoms. The Balaban J connectivity index is 3.59. The van der Waals surface area contributed by atoms with Crippen LogP contribution in [-0.2, 0) is 47.7 Å². The molecule has 0 saturated heterocycles. The Hall–Kier alpha value is -3.38. The number of unbranched alkanes of at least 4 members (excludes halogenated alkanes) is 14. The van der Waals surface area contributed by atoms with Gasteiger partial charge >= 0.3 is 17.9 Å². The first-order valence-electron chi connectivity index (χ1n) is 21.1. The fraction of sp³-hybridized carbons (Fsp3) is 0.850. The Bertz CT molecular complexity index is 1070. The summed E-state index contributed by atoms with van der Waals surface area (Å²) in [6.07, 6.45) is 17.2. The van der Waals surface area contributed by atoms with Crippen molar-refractivity contribution < 1.29 is 63.0 Å². The van der Waals surface area contributed by atoms with E-state index < -0.39 is 35.9 Å². The molecule has 0 fully saturated rings. The highest BCUT2D eigenvalue weighted by Crippen LogP contribution is 2.14. The van der Waals surface area contributed by atoms with Crippen LogP contribution in [0.3, 0.4) is 0 Å². The van der Waals surface area contributed by atoms with Gasteiger partial charge in [0.05, 0.1) is 59.3 Å². The lowest BCUT2D eigenvalue weighted by Crippen LogP contribution is -2.47. The van der Waals surface area contributed by atoms with E-state index in [1.165, 1.54) is 44.9 Å². The lowest BCUT2D eigenvalue weighted by Gasteiger charge is -2.18. The molecule has 0 aromatic carbocycles. The van der Waals surface area contributed by atoms with Crippen LogP contribution >= 0.6 is 0 Å². The molecule has 0 aliphatic carbocycles. The molecule has 8 N–H and O–H groups in total. The van der Waals surface area contributed by atoms with E-state index in [0.717, 1.165) is 38.5 Å². The lowest BCUT2D eigenvalue weighted by molar-refractivity contribution is -0.139. The number of nitrogens with two attached hydrogens (primary N) is 1. The fourth-order valence-electron chi connectivity index (χ4n) is 5.72. The molecular formula is C40H74N4O13. The van der Waals surface area contributed by atoms with Crippen LogP contribution in [0.5, 0.6) is 0 Å². The fourth-order valence-corrected chi connectivity index (χ4v) is 5.72. The summed E-state index contributed by atoms with van der Waals surface area (Å²) in [6.45, 7) is 3.84. The smallest absolute Gasteiger partial charge is 0.320 e. The van der Waals surface area contributed by atoms with Gasteiger partial charge in [0.2, 0.25) is 17.7 Å². The molecule has 3 amide bonds. The van der Waals surface area contributed by atoms with Crippen molar-refractivity contribution in [3.63, 3.8) is 0 Å². The van der Waals surface area contributed by atoms with Gasteiger partial charge in [0.1, 0.15) is 12.1 Å². The maximum absolute atomic E-state index is 12.6. The first-order valence-corrected chi connectivity index (χ1v) is 21.1. The summed E-state index contributed by atoms with van der Waals surface area (Å²) in [5, 5.41) is 34.6. The van der Waals surface area contributed by atoms with Crippen LogP contribution in [-0.4, -0.2) is 129 Å². The van der Waals surface area contributed by atoms with Crippen molar-refractivity contribution in [2.75, 3.05) is 65.9 Å². The van der Waals surface area contributed by atoms with E-state index in [9.17, 15) is 28.8 Å². The molecule has 57 heavy (non-hydrogen) atoms. The van der Waals surface area contributed by atoms with Crippen LogP contribution in [0.2, 0.25) is 0 Å². The van der Waals surface area contributed by atoms with Crippen LogP contribution in [0.15, 0.2) is 0 Å². The van der Waals surface area contributed by atoms with E-state index in [1.807, 2.05) is 0 Å². The van der Waals surface area contributed by atoms with Gasteiger partial charge in [0.15, 0.2) is 0 Å². The van der Waals surface area contributed by atoms with Crippen LogP contribution in [0, 0.1) is 0 Å². The van der Waals surface area contributed by atoms with Gasteiger partial charge in [0, 0.05) is 32.4 Å². The largest absolute Gasteiger partial charge is 0.481 e. The van der Waals surface area contributed by atoms with Crippen LogP contribution < -0.4 is 21.7 Å². The number of carboxylic acids is 3. The third kappa shape index (κ3) is 39.2. The number of hydrogen-bond acceptors (Lipinski definition) is 11. The summed E-state index contributed by atoms with van der Waals surface area (Å²) in [5.74, 6) is -3.67. The van der Waals surface area contributed by atoms with E-state index in [-0.39, 0.29) is 57.1 Å². The second-order valence-electron chi connectivity index (χ2n) is 14.2. The number of carbonyl (C=O) groups excluding carboxylic acids is 3.